The Hall–Kier alpha value is -13.3. The average Bonchev–Trinajstić information content (AvgIpc) is 1.50. The van der Waals surface area contributed by atoms with Crippen LogP contribution in [0.15, 0.2) is 328 Å². The molecule has 0 heterocycles. The maximum absolute atomic E-state index is 2.65. The Bertz CT molecular complexity index is 7180. The van der Waals surface area contributed by atoms with Crippen LogP contribution in [0, 0.1) is 69.4 Å². The molecular formula is C106H66. The van der Waals surface area contributed by atoms with Gasteiger partial charge in [-0.1, -0.05) is 291 Å². The molecule has 0 radical (unpaired) electrons. The molecule has 4 aliphatic rings. The van der Waals surface area contributed by atoms with E-state index in [1.54, 1.807) is 0 Å². The minimum atomic E-state index is 1.21. The summed E-state index contributed by atoms with van der Waals surface area (Å²) < 4.78 is 0. The van der Waals surface area contributed by atoms with Crippen molar-refractivity contribution in [2.24, 2.45) is 0 Å². The summed E-state index contributed by atoms with van der Waals surface area (Å²) in [5.41, 5.74) is 35.7. The lowest BCUT2D eigenvalue weighted by molar-refractivity contribution is 1.34. The van der Waals surface area contributed by atoms with E-state index < -0.39 is 0 Å². The zero-order chi connectivity index (χ0) is 69.9. The first-order valence-corrected chi connectivity index (χ1v) is 37.4. The predicted octanol–water partition coefficient (Wildman–Crippen LogP) is 28.2. The molecule has 0 spiro atoms. The highest BCUT2D eigenvalue weighted by atomic mass is 14.4. The van der Waals surface area contributed by atoms with Gasteiger partial charge < -0.3 is 0 Å². The van der Waals surface area contributed by atoms with Gasteiger partial charge in [-0.3, -0.25) is 0 Å². The second-order valence-electron chi connectivity index (χ2n) is 29.9. The van der Waals surface area contributed by atoms with E-state index in [0.717, 1.165) is 0 Å². The first kappa shape index (κ1) is 59.3. The Kier molecular flexibility index (Phi) is 12.4. The van der Waals surface area contributed by atoms with Gasteiger partial charge in [0.1, 0.15) is 0 Å². The zero-order valence-electron chi connectivity index (χ0n) is 59.2. The van der Waals surface area contributed by atoms with Gasteiger partial charge in [0.15, 0.2) is 0 Å². The van der Waals surface area contributed by atoms with Crippen molar-refractivity contribution in [2.75, 3.05) is 0 Å². The van der Waals surface area contributed by atoms with E-state index in [1.807, 2.05) is 0 Å². The van der Waals surface area contributed by atoms with Crippen molar-refractivity contribution in [1.29, 1.82) is 0 Å². The molecule has 0 saturated carbocycles. The van der Waals surface area contributed by atoms with Crippen molar-refractivity contribution in [3.8, 4) is 134 Å². The number of aryl methyl sites for hydroxylation is 4. The second-order valence-corrected chi connectivity index (χ2v) is 29.9. The molecule has 0 fully saturated rings. The predicted molar refractivity (Wildman–Crippen MR) is 446 cm³/mol. The maximum Gasteiger partial charge on any atom is -0.000740 e. The summed E-state index contributed by atoms with van der Waals surface area (Å²) in [5.74, 6) is 0. The molecule has 0 unspecified atom stereocenters. The monoisotopic (exact) mass is 1340 g/mol. The van der Waals surface area contributed by atoms with Crippen LogP contribution < -0.4 is 0 Å². The van der Waals surface area contributed by atoms with Gasteiger partial charge in [-0.25, -0.2) is 0 Å². The lowest BCUT2D eigenvalue weighted by Crippen LogP contribution is -1.97. The number of rotatable bonds is 8. The molecule has 0 aromatic heterocycles. The van der Waals surface area contributed by atoms with Crippen molar-refractivity contribution in [3.63, 3.8) is 0 Å². The van der Waals surface area contributed by atoms with Crippen LogP contribution in [0.2, 0.25) is 0 Å². The number of hydrogen-bond acceptors (Lipinski definition) is 0. The molecule has 23 rings (SSSR count). The van der Waals surface area contributed by atoms with E-state index in [9.17, 15) is 0 Å². The average molecular weight is 1340 g/mol. The molecule has 4 aliphatic carbocycles. The Labute approximate surface area is 613 Å². The van der Waals surface area contributed by atoms with Crippen molar-refractivity contribution in [3.05, 3.63) is 392 Å². The highest BCUT2D eigenvalue weighted by Crippen LogP contribution is 2.64. The Morgan fingerprint density at radius 3 is 0.651 bits per heavy atom. The van der Waals surface area contributed by atoms with E-state index >= 15 is 0 Å². The van der Waals surface area contributed by atoms with Gasteiger partial charge in [-0.2, -0.15) is 0 Å². The molecule has 490 valence electrons. The summed E-state index contributed by atoms with van der Waals surface area (Å²) in [5, 5.41) is 26.1. The highest BCUT2D eigenvalue weighted by molar-refractivity contribution is 6.34. The molecule has 0 heteroatoms. The van der Waals surface area contributed by atoms with Crippen LogP contribution in [0.5, 0.6) is 0 Å². The molecule has 0 aliphatic heterocycles. The lowest BCUT2D eigenvalue weighted by atomic mass is 9.80. The second kappa shape index (κ2) is 22.1. The smallest absolute Gasteiger partial charge is 0.000740 e. The molecule has 106 heavy (non-hydrogen) atoms. The summed E-state index contributed by atoms with van der Waals surface area (Å²) in [6, 6.07) is 125. The zero-order valence-corrected chi connectivity index (χ0v) is 59.2. The fourth-order valence-electron chi connectivity index (χ4n) is 20.3. The van der Waals surface area contributed by atoms with Crippen LogP contribution in [-0.4, -0.2) is 0 Å². The van der Waals surface area contributed by atoms with E-state index in [0.29, 0.717) is 0 Å². The molecule has 0 bridgehead atoms. The van der Waals surface area contributed by atoms with Crippen molar-refractivity contribution < 1.29 is 0 Å². The van der Waals surface area contributed by atoms with Crippen molar-refractivity contribution >= 4 is 64.6 Å². The number of benzene rings is 19. The summed E-state index contributed by atoms with van der Waals surface area (Å²) in [4.78, 5) is 0. The van der Waals surface area contributed by atoms with Gasteiger partial charge >= 0.3 is 0 Å². The van der Waals surface area contributed by atoms with E-state index in [-0.39, 0.29) is 0 Å². The molecular weight excluding hydrogens is 1270 g/mol. The fraction of sp³-hybridized carbons (Fsp3) is 0.0377. The molecule has 0 atom stereocenters. The van der Waals surface area contributed by atoms with Crippen LogP contribution in [0.3, 0.4) is 0 Å². The Morgan fingerprint density at radius 2 is 0.368 bits per heavy atom. The summed E-state index contributed by atoms with van der Waals surface area (Å²) in [6.07, 6.45) is 0. The van der Waals surface area contributed by atoms with Crippen LogP contribution in [-0.2, 0) is 0 Å². The minimum Gasteiger partial charge on any atom is -0.0622 e. The highest BCUT2D eigenvalue weighted by Gasteiger charge is 2.37. The maximum atomic E-state index is 2.65. The van der Waals surface area contributed by atoms with Gasteiger partial charge in [0.05, 0.1) is 0 Å². The Balaban J connectivity index is 0.851. The molecule has 0 saturated heterocycles. The van der Waals surface area contributed by atoms with E-state index in [2.05, 4.69) is 355 Å². The molecule has 0 nitrogen and oxygen atoms in total. The van der Waals surface area contributed by atoms with E-state index in [4.69, 9.17) is 0 Å². The van der Waals surface area contributed by atoms with Crippen molar-refractivity contribution in [2.45, 2.75) is 27.7 Å². The molecule has 19 aromatic carbocycles. The third-order valence-corrected chi connectivity index (χ3v) is 24.7. The van der Waals surface area contributed by atoms with Crippen LogP contribution in [0.25, 0.3) is 198 Å². The summed E-state index contributed by atoms with van der Waals surface area (Å²) in [6.45, 7) is 9.53. The van der Waals surface area contributed by atoms with Crippen LogP contribution >= 0.6 is 0 Å². The largest absolute Gasteiger partial charge is 0.0622 e. The number of fused-ring (bicyclic) bond motifs is 12. The summed E-state index contributed by atoms with van der Waals surface area (Å²) >= 11 is 0. The van der Waals surface area contributed by atoms with Gasteiger partial charge in [-0.05, 0) is 326 Å². The lowest BCUT2D eigenvalue weighted by Gasteiger charge is -2.23. The Morgan fingerprint density at radius 1 is 0.142 bits per heavy atom. The third kappa shape index (κ3) is 7.97. The fourth-order valence-corrected chi connectivity index (χ4v) is 20.3. The normalized spacial score (nSPS) is 12.3. The SMILES string of the molecule is Cc1c2c(c(C)c3cc(-c4ccccc4)c(-c4ccccc4)cc13)-c1ccc3c4c(ccc-2c14)-c1c-3c(-c2ccccc2)c2cc3c(-c4ccccc4)c4c(c(-c5ccccc5)c3cc2c1-c1ccccc1)=c1ccc2c3c(ccc=4c13)=c1c(C)c3cc(-c4ccccc4)c(-c4ccccc4)cc3c(C)c1=2. The van der Waals surface area contributed by atoms with E-state index in [1.165, 1.54) is 262 Å². The van der Waals surface area contributed by atoms with Crippen LogP contribution in [0.1, 0.15) is 22.3 Å². The van der Waals surface area contributed by atoms with Gasteiger partial charge in [0.2, 0.25) is 0 Å². The molecule has 19 aromatic rings. The van der Waals surface area contributed by atoms with Gasteiger partial charge in [0, 0.05) is 0 Å². The topological polar surface area (TPSA) is 0 Å². The number of hydrogen-bond donors (Lipinski definition) is 0. The first-order valence-electron chi connectivity index (χ1n) is 37.4. The third-order valence-electron chi connectivity index (χ3n) is 24.7. The van der Waals surface area contributed by atoms with Crippen molar-refractivity contribution in [1.82, 2.24) is 0 Å². The van der Waals surface area contributed by atoms with Crippen LogP contribution in [0.4, 0.5) is 0 Å². The summed E-state index contributed by atoms with van der Waals surface area (Å²) in [7, 11) is 0. The standard InChI is InChI=1S/C106H66/c1-59-79-53-83(63-29-13-5-14-30-63)84(64-31-15-6-16-32-64)54-80(79)60(2)92-72-46-50-76-101-75(49-45-71(91(59)92)99(72)101)103-95(67-37-21-9-22-38-67)87-57-89-90(58-88(87)96(104(76)103)68-39-23-10-24-40-68)98(70-43-27-12-28-44-70)106-78-52-48-74-94-62(4)82-56-86(66-35-19-8-20-36-66)85(65-33-17-7-18-34-65)55-81(82)61(3)93(94)73-47-51-77(102(78)100(73)74)105(106)97(89)69-41-25-11-26-42-69/h5-58H,1-4H3. The minimum absolute atomic E-state index is 1.21. The molecule has 0 N–H and O–H groups in total. The quantitative estimate of drug-likeness (QED) is 0.133. The first-order chi connectivity index (χ1) is 52.3. The van der Waals surface area contributed by atoms with Gasteiger partial charge in [0.25, 0.3) is 0 Å². The van der Waals surface area contributed by atoms with Gasteiger partial charge in [-0.15, -0.1) is 0 Å². The molecule has 0 amide bonds.